The second-order valence-electron chi connectivity index (χ2n) is 4.86. The van der Waals surface area contributed by atoms with Crippen LogP contribution in [-0.2, 0) is 16.4 Å². The molecular weight excluding hydrogens is 292 g/mol. The minimum absolute atomic E-state index is 0.178. The van der Waals surface area contributed by atoms with Gasteiger partial charge in [0.1, 0.15) is 0 Å². The zero-order chi connectivity index (χ0) is 15.6. The molecule has 0 aliphatic heterocycles. The number of rotatable bonds is 5. The maximum atomic E-state index is 12.4. The fourth-order valence-corrected chi connectivity index (χ4v) is 3.78. The van der Waals surface area contributed by atoms with Crippen LogP contribution in [0.1, 0.15) is 22.6 Å². The van der Waals surface area contributed by atoms with Gasteiger partial charge in [0.05, 0.1) is 4.90 Å². The molecule has 114 valence electrons. The Bertz CT molecular complexity index is 739. The summed E-state index contributed by atoms with van der Waals surface area (Å²) in [5.74, 6) is 0.384. The molecule has 2 rings (SSSR count). The second kappa shape index (κ2) is 5.82. The number of aryl methyl sites for hydroxylation is 2. The van der Waals surface area contributed by atoms with E-state index < -0.39 is 10.0 Å². The van der Waals surface area contributed by atoms with E-state index >= 15 is 0 Å². The minimum Gasteiger partial charge on any atom is -0.398 e. The number of nitrogen functional groups attached to an aromatic ring is 1. The first-order chi connectivity index (χ1) is 9.83. The SMILES string of the molecule is Cc1cc(C)c(S(=O)(=O)NCCc2ncno2)c(C)c1N. The molecule has 2 aromatic rings. The summed E-state index contributed by atoms with van der Waals surface area (Å²) in [5, 5.41) is 3.47. The highest BCUT2D eigenvalue weighted by Gasteiger charge is 2.21. The minimum atomic E-state index is -3.63. The van der Waals surface area contributed by atoms with Gasteiger partial charge >= 0.3 is 0 Å². The molecule has 0 fully saturated rings. The molecule has 1 aromatic carbocycles. The van der Waals surface area contributed by atoms with Crippen molar-refractivity contribution in [2.45, 2.75) is 32.1 Å². The van der Waals surface area contributed by atoms with Crippen LogP contribution < -0.4 is 10.5 Å². The number of nitrogens with two attached hydrogens (primary N) is 1. The number of sulfonamides is 1. The number of aromatic nitrogens is 2. The molecule has 0 spiro atoms. The molecule has 8 heteroatoms. The van der Waals surface area contributed by atoms with Gasteiger partial charge in [-0.1, -0.05) is 11.2 Å². The molecule has 3 N–H and O–H groups in total. The third kappa shape index (κ3) is 3.22. The fourth-order valence-electron chi connectivity index (χ4n) is 2.27. The Balaban J connectivity index is 2.22. The van der Waals surface area contributed by atoms with Crippen LogP contribution in [0.2, 0.25) is 0 Å². The first kappa shape index (κ1) is 15.5. The normalized spacial score (nSPS) is 11.8. The molecule has 0 radical (unpaired) electrons. The van der Waals surface area contributed by atoms with Crippen LogP contribution in [0.4, 0.5) is 5.69 Å². The van der Waals surface area contributed by atoms with Crippen LogP contribution in [0.25, 0.3) is 0 Å². The molecule has 0 aliphatic carbocycles. The fraction of sp³-hybridized carbons (Fsp3) is 0.385. The van der Waals surface area contributed by atoms with Crippen LogP contribution in [0.5, 0.6) is 0 Å². The van der Waals surface area contributed by atoms with Crippen molar-refractivity contribution < 1.29 is 12.9 Å². The van der Waals surface area contributed by atoms with Gasteiger partial charge in [0.2, 0.25) is 15.9 Å². The molecule has 0 saturated carbocycles. The lowest BCUT2D eigenvalue weighted by Gasteiger charge is -2.15. The van der Waals surface area contributed by atoms with Gasteiger partial charge in [-0.25, -0.2) is 13.1 Å². The maximum absolute atomic E-state index is 12.4. The average Bonchev–Trinajstić information content (AvgIpc) is 2.88. The zero-order valence-corrected chi connectivity index (χ0v) is 13.0. The molecule has 0 amide bonds. The highest BCUT2D eigenvalue weighted by molar-refractivity contribution is 7.89. The van der Waals surface area contributed by atoms with E-state index in [9.17, 15) is 8.42 Å². The summed E-state index contributed by atoms with van der Waals surface area (Å²) in [6.07, 6.45) is 1.61. The zero-order valence-electron chi connectivity index (χ0n) is 12.2. The van der Waals surface area contributed by atoms with Crippen LogP contribution in [0.3, 0.4) is 0 Å². The van der Waals surface area contributed by atoms with Gasteiger partial charge in [-0.05, 0) is 37.5 Å². The molecule has 0 aliphatic rings. The number of benzene rings is 1. The van der Waals surface area contributed by atoms with Gasteiger partial charge < -0.3 is 10.3 Å². The number of hydrogen-bond acceptors (Lipinski definition) is 6. The van der Waals surface area contributed by atoms with Crippen molar-refractivity contribution in [2.24, 2.45) is 0 Å². The Kier molecular flexibility index (Phi) is 4.29. The van der Waals surface area contributed by atoms with E-state index in [0.717, 1.165) is 5.56 Å². The van der Waals surface area contributed by atoms with Crippen LogP contribution in [-0.4, -0.2) is 25.1 Å². The summed E-state index contributed by atoms with van der Waals surface area (Å²) >= 11 is 0. The van der Waals surface area contributed by atoms with Crippen LogP contribution in [0, 0.1) is 20.8 Å². The van der Waals surface area contributed by atoms with Crippen molar-refractivity contribution in [2.75, 3.05) is 12.3 Å². The first-order valence-corrected chi connectivity index (χ1v) is 7.92. The lowest BCUT2D eigenvalue weighted by molar-refractivity contribution is 0.377. The summed E-state index contributed by atoms with van der Waals surface area (Å²) in [6, 6.07) is 1.77. The highest BCUT2D eigenvalue weighted by atomic mass is 32.2. The maximum Gasteiger partial charge on any atom is 0.241 e. The Morgan fingerprint density at radius 3 is 2.62 bits per heavy atom. The van der Waals surface area contributed by atoms with Gasteiger partial charge in [-0.2, -0.15) is 4.98 Å². The molecule has 0 bridgehead atoms. The van der Waals surface area contributed by atoms with Crippen molar-refractivity contribution in [3.8, 4) is 0 Å². The first-order valence-electron chi connectivity index (χ1n) is 6.44. The third-order valence-electron chi connectivity index (χ3n) is 3.27. The van der Waals surface area contributed by atoms with Gasteiger partial charge in [0.15, 0.2) is 6.33 Å². The van der Waals surface area contributed by atoms with Crippen LogP contribution >= 0.6 is 0 Å². The highest BCUT2D eigenvalue weighted by Crippen LogP contribution is 2.27. The number of hydrogen-bond donors (Lipinski definition) is 2. The predicted molar refractivity (Wildman–Crippen MR) is 78.3 cm³/mol. The van der Waals surface area contributed by atoms with Gasteiger partial charge in [0.25, 0.3) is 0 Å². The van der Waals surface area contributed by atoms with Gasteiger partial charge in [0, 0.05) is 18.7 Å². The average molecular weight is 310 g/mol. The Labute approximate surface area is 123 Å². The molecule has 7 nitrogen and oxygen atoms in total. The standard InChI is InChI=1S/C13H18N4O3S/c1-8-6-9(2)13(10(3)12(8)14)21(18,19)17-5-4-11-15-7-16-20-11/h6-7,17H,4-5,14H2,1-3H3. The van der Waals surface area contributed by atoms with Crippen molar-refractivity contribution in [3.05, 3.63) is 35.0 Å². The van der Waals surface area contributed by atoms with E-state index in [4.69, 9.17) is 10.3 Å². The van der Waals surface area contributed by atoms with Crippen molar-refractivity contribution in [1.82, 2.24) is 14.9 Å². The van der Waals surface area contributed by atoms with E-state index in [-0.39, 0.29) is 11.4 Å². The molecule has 21 heavy (non-hydrogen) atoms. The monoisotopic (exact) mass is 310 g/mol. The van der Waals surface area contributed by atoms with E-state index in [2.05, 4.69) is 14.9 Å². The van der Waals surface area contributed by atoms with Gasteiger partial charge in [-0.3, -0.25) is 0 Å². The molecule has 1 heterocycles. The summed E-state index contributed by atoms with van der Waals surface area (Å²) in [4.78, 5) is 4.07. The summed E-state index contributed by atoms with van der Waals surface area (Å²) in [5.41, 5.74) is 8.54. The third-order valence-corrected chi connectivity index (χ3v) is 5.02. The lowest BCUT2D eigenvalue weighted by Crippen LogP contribution is -2.27. The summed E-state index contributed by atoms with van der Waals surface area (Å²) < 4.78 is 32.2. The molecular formula is C13H18N4O3S. The Morgan fingerprint density at radius 2 is 2.00 bits per heavy atom. The van der Waals surface area contributed by atoms with E-state index in [0.29, 0.717) is 29.1 Å². The van der Waals surface area contributed by atoms with Crippen molar-refractivity contribution in [3.63, 3.8) is 0 Å². The van der Waals surface area contributed by atoms with E-state index in [1.165, 1.54) is 6.33 Å². The van der Waals surface area contributed by atoms with Crippen LogP contribution in [0.15, 0.2) is 21.8 Å². The Morgan fingerprint density at radius 1 is 1.29 bits per heavy atom. The summed E-state index contributed by atoms with van der Waals surface area (Å²) in [7, 11) is -3.63. The number of nitrogens with zero attached hydrogens (tertiary/aromatic N) is 2. The van der Waals surface area contributed by atoms with Gasteiger partial charge in [-0.15, -0.1) is 0 Å². The Hall–Kier alpha value is -1.93. The van der Waals surface area contributed by atoms with E-state index in [1.807, 2.05) is 6.92 Å². The van der Waals surface area contributed by atoms with Crippen molar-refractivity contribution in [1.29, 1.82) is 0 Å². The largest absolute Gasteiger partial charge is 0.398 e. The quantitative estimate of drug-likeness (QED) is 0.800. The molecule has 0 unspecified atom stereocenters. The smallest absolute Gasteiger partial charge is 0.241 e. The molecule has 0 atom stereocenters. The second-order valence-corrected chi connectivity index (χ2v) is 6.56. The molecule has 1 aromatic heterocycles. The van der Waals surface area contributed by atoms with Crippen molar-refractivity contribution >= 4 is 15.7 Å². The number of anilines is 1. The topological polar surface area (TPSA) is 111 Å². The number of nitrogens with one attached hydrogen (secondary N) is 1. The lowest BCUT2D eigenvalue weighted by atomic mass is 10.1. The predicted octanol–water partition coefficient (Wildman–Crippen LogP) is 1.10. The molecule has 0 saturated heterocycles. The van der Waals surface area contributed by atoms with E-state index in [1.54, 1.807) is 19.9 Å². The summed E-state index contributed by atoms with van der Waals surface area (Å²) in [6.45, 7) is 5.50.